The Balaban J connectivity index is 2.73. The van der Waals surface area contributed by atoms with E-state index in [0.29, 0.717) is 10.2 Å². The van der Waals surface area contributed by atoms with Crippen LogP contribution in [0.5, 0.6) is 0 Å². The van der Waals surface area contributed by atoms with E-state index in [1.807, 2.05) is 6.92 Å². The number of amides is 1. The highest BCUT2D eigenvalue weighted by Gasteiger charge is 2.10. The molecule has 3 N–H and O–H groups in total. The number of hydrogen-bond donors (Lipinski definition) is 2. The third kappa shape index (κ3) is 4.18. The van der Waals surface area contributed by atoms with Crippen molar-refractivity contribution in [3.8, 4) is 0 Å². The average molecular weight is 316 g/mol. The quantitative estimate of drug-likeness (QED) is 0.864. The minimum Gasteiger partial charge on any atom is -0.398 e. The van der Waals surface area contributed by atoms with Gasteiger partial charge in [-0.15, -0.1) is 0 Å². The second-order valence-electron chi connectivity index (χ2n) is 4.31. The molecule has 1 amide bonds. The first kappa shape index (κ1) is 14.8. The van der Waals surface area contributed by atoms with Crippen LogP contribution in [0.2, 0.25) is 0 Å². The zero-order valence-corrected chi connectivity index (χ0v) is 12.2. The van der Waals surface area contributed by atoms with Crippen molar-refractivity contribution < 1.29 is 4.79 Å². The Morgan fingerprint density at radius 2 is 2.28 bits per heavy atom. The Morgan fingerprint density at radius 1 is 1.61 bits per heavy atom. The fraction of sp³-hybridized carbons (Fsp3) is 0.500. The van der Waals surface area contributed by atoms with E-state index in [9.17, 15) is 9.59 Å². The number of hydrogen-bond acceptors (Lipinski definition) is 3. The minimum atomic E-state index is -0.262. The van der Waals surface area contributed by atoms with Gasteiger partial charge in [-0.3, -0.25) is 9.59 Å². The maximum absolute atomic E-state index is 11.7. The number of nitrogens with one attached hydrogen (secondary N) is 1. The summed E-state index contributed by atoms with van der Waals surface area (Å²) >= 11 is 3.12. The number of carbonyl (C=O) groups is 1. The Morgan fingerprint density at radius 3 is 2.89 bits per heavy atom. The molecule has 1 unspecified atom stereocenters. The molecule has 18 heavy (non-hydrogen) atoms. The SMILES string of the molecule is CCCC(C)NC(=O)Cn1cc(N)cc(Br)c1=O. The van der Waals surface area contributed by atoms with Crippen molar-refractivity contribution in [1.82, 2.24) is 9.88 Å². The van der Waals surface area contributed by atoms with Crippen LogP contribution in [0.1, 0.15) is 26.7 Å². The predicted molar refractivity (Wildman–Crippen MR) is 75.3 cm³/mol. The van der Waals surface area contributed by atoms with Crippen molar-refractivity contribution in [2.45, 2.75) is 39.3 Å². The molecule has 0 aliphatic rings. The number of rotatable bonds is 5. The zero-order chi connectivity index (χ0) is 13.7. The normalized spacial score (nSPS) is 12.2. The molecule has 100 valence electrons. The van der Waals surface area contributed by atoms with Gasteiger partial charge in [-0.25, -0.2) is 0 Å². The van der Waals surface area contributed by atoms with E-state index in [4.69, 9.17) is 5.73 Å². The van der Waals surface area contributed by atoms with E-state index >= 15 is 0 Å². The van der Waals surface area contributed by atoms with Crippen molar-refractivity contribution in [3.63, 3.8) is 0 Å². The molecule has 1 atom stereocenters. The van der Waals surface area contributed by atoms with Gasteiger partial charge in [0.15, 0.2) is 0 Å². The van der Waals surface area contributed by atoms with Crippen LogP contribution < -0.4 is 16.6 Å². The van der Waals surface area contributed by atoms with Gasteiger partial charge in [0.25, 0.3) is 5.56 Å². The van der Waals surface area contributed by atoms with Crippen molar-refractivity contribution in [2.24, 2.45) is 0 Å². The van der Waals surface area contributed by atoms with Gasteiger partial charge in [-0.1, -0.05) is 13.3 Å². The van der Waals surface area contributed by atoms with Crippen LogP contribution in [-0.4, -0.2) is 16.5 Å². The van der Waals surface area contributed by atoms with Crippen LogP contribution in [0.4, 0.5) is 5.69 Å². The third-order valence-corrected chi connectivity index (χ3v) is 3.07. The highest BCUT2D eigenvalue weighted by molar-refractivity contribution is 9.10. The van der Waals surface area contributed by atoms with Gasteiger partial charge < -0.3 is 15.6 Å². The molecule has 0 saturated heterocycles. The summed E-state index contributed by atoms with van der Waals surface area (Å²) in [6, 6.07) is 1.64. The number of aromatic nitrogens is 1. The molecule has 1 aromatic heterocycles. The monoisotopic (exact) mass is 315 g/mol. The van der Waals surface area contributed by atoms with Crippen LogP contribution >= 0.6 is 15.9 Å². The van der Waals surface area contributed by atoms with Gasteiger partial charge in [0.05, 0.1) is 4.47 Å². The summed E-state index contributed by atoms with van der Waals surface area (Å²) in [5.41, 5.74) is 5.81. The largest absolute Gasteiger partial charge is 0.398 e. The smallest absolute Gasteiger partial charge is 0.265 e. The van der Waals surface area contributed by atoms with Crippen molar-refractivity contribution in [2.75, 3.05) is 5.73 Å². The molecule has 0 spiro atoms. The van der Waals surface area contributed by atoms with Crippen LogP contribution in [0.25, 0.3) is 0 Å². The topological polar surface area (TPSA) is 77.1 Å². The first-order chi connectivity index (χ1) is 8.43. The molecule has 0 radical (unpaired) electrons. The lowest BCUT2D eigenvalue weighted by Crippen LogP contribution is -2.37. The third-order valence-electron chi connectivity index (χ3n) is 2.51. The number of halogens is 1. The van der Waals surface area contributed by atoms with Gasteiger partial charge in [-0.05, 0) is 35.3 Å². The Labute approximate surface area is 114 Å². The molecular formula is C12H18BrN3O2. The summed E-state index contributed by atoms with van der Waals surface area (Å²) in [6.07, 6.45) is 3.39. The maximum atomic E-state index is 11.7. The molecule has 1 aromatic rings. The van der Waals surface area contributed by atoms with E-state index in [1.165, 1.54) is 16.8 Å². The van der Waals surface area contributed by atoms with Gasteiger partial charge in [-0.2, -0.15) is 0 Å². The lowest BCUT2D eigenvalue weighted by atomic mass is 10.2. The predicted octanol–water partition coefficient (Wildman–Crippen LogP) is 1.50. The molecular weight excluding hydrogens is 298 g/mol. The highest BCUT2D eigenvalue weighted by atomic mass is 79.9. The molecule has 1 rings (SSSR count). The van der Waals surface area contributed by atoms with Crippen LogP contribution in [0.15, 0.2) is 21.5 Å². The standard InChI is InChI=1S/C12H18BrN3O2/c1-3-4-8(2)15-11(17)7-16-6-9(14)5-10(13)12(16)18/h5-6,8H,3-4,7,14H2,1-2H3,(H,15,17). The van der Waals surface area contributed by atoms with Crippen molar-refractivity contribution in [3.05, 3.63) is 27.1 Å². The summed E-state index contributed by atoms with van der Waals surface area (Å²) in [7, 11) is 0. The number of carbonyl (C=O) groups excluding carboxylic acids is 1. The maximum Gasteiger partial charge on any atom is 0.265 e. The van der Waals surface area contributed by atoms with Crippen molar-refractivity contribution in [1.29, 1.82) is 0 Å². The second kappa shape index (κ2) is 6.58. The van der Waals surface area contributed by atoms with Gasteiger partial charge >= 0.3 is 0 Å². The second-order valence-corrected chi connectivity index (χ2v) is 5.17. The van der Waals surface area contributed by atoms with Gasteiger partial charge in [0.2, 0.25) is 5.91 Å². The van der Waals surface area contributed by atoms with Crippen molar-refractivity contribution >= 4 is 27.5 Å². The fourth-order valence-electron chi connectivity index (χ4n) is 1.72. The Kier molecular flexibility index (Phi) is 5.40. The number of nitrogens with two attached hydrogens (primary N) is 1. The first-order valence-corrected chi connectivity index (χ1v) is 6.68. The van der Waals surface area contributed by atoms with Crippen LogP contribution in [0.3, 0.4) is 0 Å². The van der Waals surface area contributed by atoms with Gasteiger partial charge in [0, 0.05) is 17.9 Å². The highest BCUT2D eigenvalue weighted by Crippen LogP contribution is 2.08. The van der Waals surface area contributed by atoms with E-state index in [2.05, 4.69) is 28.2 Å². The molecule has 6 heteroatoms. The summed E-state index contributed by atoms with van der Waals surface area (Å²) in [6.45, 7) is 3.98. The molecule has 0 aromatic carbocycles. The summed E-state index contributed by atoms with van der Waals surface area (Å²) < 4.78 is 1.66. The zero-order valence-electron chi connectivity index (χ0n) is 10.6. The van der Waals surface area contributed by atoms with Crippen LogP contribution in [0, 0.1) is 0 Å². The van der Waals surface area contributed by atoms with Crippen LogP contribution in [-0.2, 0) is 11.3 Å². The van der Waals surface area contributed by atoms with E-state index < -0.39 is 0 Å². The molecule has 0 fully saturated rings. The molecule has 0 aliphatic carbocycles. The summed E-state index contributed by atoms with van der Waals surface area (Å²) in [5, 5.41) is 2.84. The summed E-state index contributed by atoms with van der Waals surface area (Å²) in [5.74, 6) is -0.185. The van der Waals surface area contributed by atoms with E-state index in [0.717, 1.165) is 12.8 Å². The Bertz CT molecular complexity index is 485. The molecule has 1 heterocycles. The Hall–Kier alpha value is -1.30. The average Bonchev–Trinajstić information content (AvgIpc) is 2.25. The van der Waals surface area contributed by atoms with Gasteiger partial charge in [0.1, 0.15) is 6.54 Å². The molecule has 0 aliphatic heterocycles. The first-order valence-electron chi connectivity index (χ1n) is 5.88. The lowest BCUT2D eigenvalue weighted by Gasteiger charge is -2.13. The number of nitrogen functional groups attached to an aromatic ring is 1. The molecule has 0 bridgehead atoms. The number of pyridine rings is 1. The number of nitrogens with zero attached hydrogens (tertiary/aromatic N) is 1. The number of anilines is 1. The molecule has 0 saturated carbocycles. The fourth-order valence-corrected chi connectivity index (χ4v) is 2.21. The van der Waals surface area contributed by atoms with E-state index in [1.54, 1.807) is 0 Å². The minimum absolute atomic E-state index is 0.0173. The van der Waals surface area contributed by atoms with E-state index in [-0.39, 0.29) is 24.1 Å². The summed E-state index contributed by atoms with van der Waals surface area (Å²) in [4.78, 5) is 23.5. The molecule has 5 nitrogen and oxygen atoms in total. The lowest BCUT2D eigenvalue weighted by molar-refractivity contribution is -0.122.